The topological polar surface area (TPSA) is 74.3 Å². The van der Waals surface area contributed by atoms with Crippen LogP contribution in [-0.4, -0.2) is 41.5 Å². The van der Waals surface area contributed by atoms with Crippen molar-refractivity contribution in [2.24, 2.45) is 11.8 Å². The number of likely N-dealkylation sites (tertiary alicyclic amines) is 1. The predicted molar refractivity (Wildman–Crippen MR) is 84.5 cm³/mol. The number of piperidine rings is 1. The maximum Gasteiger partial charge on any atom is 0.322 e. The first-order valence-electron chi connectivity index (χ1n) is 8.45. The molecule has 2 aliphatic heterocycles. The maximum atomic E-state index is 12.6. The molecule has 1 aromatic rings. The molecule has 1 atom stereocenters. The Morgan fingerprint density at radius 2 is 2.00 bits per heavy atom. The lowest BCUT2D eigenvalue weighted by atomic mass is 9.73. The van der Waals surface area contributed by atoms with E-state index in [1.807, 2.05) is 12.1 Å². The Balaban J connectivity index is 1.57. The average molecular weight is 314 g/mol. The van der Waals surface area contributed by atoms with Gasteiger partial charge in [0.15, 0.2) is 5.54 Å². The first-order chi connectivity index (χ1) is 11.2. The van der Waals surface area contributed by atoms with E-state index in [1.54, 1.807) is 12.4 Å². The molecule has 2 saturated heterocycles. The van der Waals surface area contributed by atoms with Gasteiger partial charge in [-0.25, -0.2) is 4.79 Å². The number of hydrogen-bond acceptors (Lipinski definition) is 4. The Morgan fingerprint density at radius 3 is 2.57 bits per heavy atom. The van der Waals surface area contributed by atoms with Crippen molar-refractivity contribution in [2.75, 3.05) is 19.6 Å². The van der Waals surface area contributed by atoms with Crippen LogP contribution in [0.5, 0.6) is 0 Å². The third-order valence-corrected chi connectivity index (χ3v) is 5.43. The van der Waals surface area contributed by atoms with E-state index in [2.05, 4.69) is 20.5 Å². The van der Waals surface area contributed by atoms with Crippen molar-refractivity contribution < 1.29 is 9.59 Å². The van der Waals surface area contributed by atoms with Gasteiger partial charge in [-0.1, -0.05) is 6.07 Å². The molecule has 1 aliphatic carbocycles. The highest BCUT2D eigenvalue weighted by atomic mass is 16.2. The second-order valence-corrected chi connectivity index (χ2v) is 6.98. The lowest BCUT2D eigenvalue weighted by Gasteiger charge is -2.40. The van der Waals surface area contributed by atoms with Crippen LogP contribution in [0.2, 0.25) is 0 Å². The van der Waals surface area contributed by atoms with Gasteiger partial charge in [0.2, 0.25) is 0 Å². The maximum absolute atomic E-state index is 12.6. The highest BCUT2D eigenvalue weighted by Crippen LogP contribution is 2.39. The fourth-order valence-corrected chi connectivity index (χ4v) is 4.01. The number of nitrogens with zero attached hydrogens (tertiary/aromatic N) is 2. The largest absolute Gasteiger partial charge is 0.322 e. The molecule has 0 radical (unpaired) electrons. The molecule has 1 saturated carbocycles. The summed E-state index contributed by atoms with van der Waals surface area (Å²) in [4.78, 5) is 31.1. The quantitative estimate of drug-likeness (QED) is 0.820. The van der Waals surface area contributed by atoms with Crippen LogP contribution in [0.15, 0.2) is 24.5 Å². The van der Waals surface area contributed by atoms with Crippen LogP contribution in [-0.2, 0) is 10.3 Å². The van der Waals surface area contributed by atoms with Gasteiger partial charge in [-0.05, 0) is 56.7 Å². The summed E-state index contributed by atoms with van der Waals surface area (Å²) >= 11 is 0. The van der Waals surface area contributed by atoms with E-state index in [0.29, 0.717) is 0 Å². The number of carbonyl (C=O) groups excluding carboxylic acids is 2. The molecule has 6 nitrogen and oxygen atoms in total. The molecule has 2 N–H and O–H groups in total. The van der Waals surface area contributed by atoms with Gasteiger partial charge >= 0.3 is 6.03 Å². The Hall–Kier alpha value is -1.95. The van der Waals surface area contributed by atoms with Crippen LogP contribution in [0.25, 0.3) is 0 Å². The summed E-state index contributed by atoms with van der Waals surface area (Å²) in [6, 6.07) is 3.30. The summed E-state index contributed by atoms with van der Waals surface area (Å²) in [5.41, 5.74) is -0.180. The van der Waals surface area contributed by atoms with Crippen LogP contribution in [0, 0.1) is 11.8 Å². The molecule has 3 fully saturated rings. The van der Waals surface area contributed by atoms with Gasteiger partial charge in [0.05, 0.1) is 0 Å². The minimum absolute atomic E-state index is 0.105. The van der Waals surface area contributed by atoms with Gasteiger partial charge < -0.3 is 10.2 Å². The second kappa shape index (κ2) is 5.60. The number of nitrogens with one attached hydrogen (secondary N) is 2. The summed E-state index contributed by atoms with van der Waals surface area (Å²) in [5.74, 6) is 0.748. The van der Waals surface area contributed by atoms with Crippen molar-refractivity contribution >= 4 is 11.9 Å². The van der Waals surface area contributed by atoms with Crippen molar-refractivity contribution in [3.63, 3.8) is 0 Å². The van der Waals surface area contributed by atoms with Crippen molar-refractivity contribution in [3.05, 3.63) is 30.1 Å². The summed E-state index contributed by atoms with van der Waals surface area (Å²) in [6.45, 7) is 3.17. The minimum atomic E-state index is -0.961. The van der Waals surface area contributed by atoms with Gasteiger partial charge in [0.1, 0.15) is 0 Å². The first-order valence-corrected chi connectivity index (χ1v) is 8.45. The monoisotopic (exact) mass is 314 g/mol. The SMILES string of the molecule is O=C1NC(=O)C(c2cccnc2)(C2CCN(CC3CC3)CC2)N1. The van der Waals surface area contributed by atoms with Gasteiger partial charge in [0.25, 0.3) is 5.91 Å². The number of imide groups is 1. The van der Waals surface area contributed by atoms with Gasteiger partial charge in [-0.3, -0.25) is 15.1 Å². The Labute approximate surface area is 135 Å². The number of rotatable bonds is 4. The molecular weight excluding hydrogens is 292 g/mol. The van der Waals surface area contributed by atoms with Crippen molar-refractivity contribution in [2.45, 2.75) is 31.2 Å². The Bertz CT molecular complexity index is 608. The normalized spacial score (nSPS) is 29.4. The summed E-state index contributed by atoms with van der Waals surface area (Å²) in [6.07, 6.45) is 7.92. The molecule has 1 aromatic heterocycles. The van der Waals surface area contributed by atoms with Crippen LogP contribution in [0.3, 0.4) is 0 Å². The fraction of sp³-hybridized carbons (Fsp3) is 0.588. The Kier molecular flexibility index (Phi) is 3.56. The fourth-order valence-electron chi connectivity index (χ4n) is 4.01. The van der Waals surface area contributed by atoms with Crippen LogP contribution in [0.4, 0.5) is 4.79 Å². The average Bonchev–Trinajstić information content (AvgIpc) is 3.32. The minimum Gasteiger partial charge on any atom is -0.319 e. The van der Waals surface area contributed by atoms with E-state index < -0.39 is 11.6 Å². The van der Waals surface area contributed by atoms with Crippen molar-refractivity contribution in [1.29, 1.82) is 0 Å². The van der Waals surface area contributed by atoms with E-state index >= 15 is 0 Å². The molecule has 0 spiro atoms. The van der Waals surface area contributed by atoms with E-state index in [4.69, 9.17) is 0 Å². The predicted octanol–water partition coefficient (Wildman–Crippen LogP) is 1.24. The van der Waals surface area contributed by atoms with Crippen molar-refractivity contribution in [3.8, 4) is 0 Å². The number of aromatic nitrogens is 1. The van der Waals surface area contributed by atoms with Crippen LogP contribution < -0.4 is 10.6 Å². The molecule has 4 rings (SSSR count). The highest BCUT2D eigenvalue weighted by Gasteiger charge is 2.53. The number of carbonyl (C=O) groups is 2. The van der Waals surface area contributed by atoms with Gasteiger partial charge in [-0.15, -0.1) is 0 Å². The van der Waals surface area contributed by atoms with Crippen LogP contribution in [0.1, 0.15) is 31.2 Å². The Morgan fingerprint density at radius 1 is 1.22 bits per heavy atom. The summed E-state index contributed by atoms with van der Waals surface area (Å²) in [5, 5.41) is 5.34. The molecule has 0 aromatic carbocycles. The molecule has 23 heavy (non-hydrogen) atoms. The third kappa shape index (κ3) is 2.61. The number of amides is 3. The first kappa shape index (κ1) is 14.6. The van der Waals surface area contributed by atoms with E-state index in [1.165, 1.54) is 19.4 Å². The van der Waals surface area contributed by atoms with Crippen molar-refractivity contribution in [1.82, 2.24) is 20.5 Å². The molecule has 6 heteroatoms. The highest BCUT2D eigenvalue weighted by molar-refractivity contribution is 6.07. The second-order valence-electron chi connectivity index (χ2n) is 6.98. The lowest BCUT2D eigenvalue weighted by molar-refractivity contribution is -0.127. The van der Waals surface area contributed by atoms with Crippen LogP contribution >= 0.6 is 0 Å². The zero-order valence-corrected chi connectivity index (χ0v) is 13.1. The zero-order valence-electron chi connectivity index (χ0n) is 13.1. The van der Waals surface area contributed by atoms with E-state index in [0.717, 1.165) is 37.4 Å². The zero-order chi connectivity index (χ0) is 15.9. The number of urea groups is 1. The third-order valence-electron chi connectivity index (χ3n) is 5.43. The van der Waals surface area contributed by atoms with Gasteiger partial charge in [0, 0.05) is 24.5 Å². The number of hydrogen-bond donors (Lipinski definition) is 2. The van der Waals surface area contributed by atoms with E-state index in [9.17, 15) is 9.59 Å². The molecular formula is C17H22N4O2. The molecule has 0 bridgehead atoms. The molecule has 3 aliphatic rings. The molecule has 3 amide bonds. The lowest BCUT2D eigenvalue weighted by Crippen LogP contribution is -2.53. The molecule has 122 valence electrons. The summed E-state index contributed by atoms with van der Waals surface area (Å²) < 4.78 is 0. The number of pyridine rings is 1. The van der Waals surface area contributed by atoms with Gasteiger partial charge in [-0.2, -0.15) is 0 Å². The molecule has 3 heterocycles. The molecule has 1 unspecified atom stereocenters. The smallest absolute Gasteiger partial charge is 0.319 e. The summed E-state index contributed by atoms with van der Waals surface area (Å²) in [7, 11) is 0. The van der Waals surface area contributed by atoms with E-state index in [-0.39, 0.29) is 11.8 Å². The standard InChI is InChI=1S/C17H22N4O2/c22-15-17(20-16(23)19-15,14-2-1-7-18-10-14)13-5-8-21(9-6-13)11-12-3-4-12/h1-2,7,10,12-13H,3-6,8-9,11H2,(H2,19,20,22,23).